The number of nitrogens with one attached hydrogen (secondary N) is 2. The van der Waals surface area contributed by atoms with Gasteiger partial charge in [0.2, 0.25) is 0 Å². The molecule has 0 spiro atoms. The zero-order valence-electron chi connectivity index (χ0n) is 18.5. The number of carbonyl (C=O) groups is 1. The first-order chi connectivity index (χ1) is 16.6. The minimum Gasteiger partial charge on any atom is -0.378 e. The van der Waals surface area contributed by atoms with Gasteiger partial charge in [0.05, 0.1) is 13.2 Å². The Morgan fingerprint density at radius 2 is 1.65 bits per heavy atom. The molecule has 0 aliphatic carbocycles. The molecule has 0 bridgehead atoms. The molecule has 2 aromatic heterocycles. The molecule has 34 heavy (non-hydrogen) atoms. The average Bonchev–Trinajstić information content (AvgIpc) is 3.29. The number of imidazole rings is 1. The molecule has 0 radical (unpaired) electrons. The second-order valence-electron chi connectivity index (χ2n) is 7.86. The second-order valence-corrected chi connectivity index (χ2v) is 9.96. The molecular formula is C23H23IN7O2P. The molecule has 1 saturated heterocycles. The van der Waals surface area contributed by atoms with Gasteiger partial charge in [-0.3, -0.25) is 4.34 Å². The Morgan fingerprint density at radius 1 is 1.00 bits per heavy atom. The standard InChI is InChI=1S/C23H23IN7O2P/c1-15-2-6-17(7-3-15)26-23(32)27-18-8-4-16(5-9-18)20-28-21-19(31(34-24)14-25-21)22(29-20)30-10-12-33-13-11-30/h2-9,14,34H,10-13H2,1H3,(H2,26,27,32). The summed E-state index contributed by atoms with van der Waals surface area (Å²) in [6.07, 6.45) is 2.32. The van der Waals surface area contributed by atoms with Gasteiger partial charge in [-0.1, -0.05) is 17.7 Å². The molecule has 1 unspecified atom stereocenters. The van der Waals surface area contributed by atoms with E-state index in [1.807, 2.05) is 61.8 Å². The lowest BCUT2D eigenvalue weighted by molar-refractivity contribution is 0.122. The summed E-state index contributed by atoms with van der Waals surface area (Å²) in [6.45, 7) is 4.91. The topological polar surface area (TPSA) is 97.2 Å². The Balaban J connectivity index is 1.38. The van der Waals surface area contributed by atoms with Crippen molar-refractivity contribution in [3.63, 3.8) is 0 Å². The summed E-state index contributed by atoms with van der Waals surface area (Å²) in [5.74, 6) is 1.48. The van der Waals surface area contributed by atoms with Gasteiger partial charge in [-0.15, -0.1) is 0 Å². The Labute approximate surface area is 211 Å². The van der Waals surface area contributed by atoms with E-state index in [0.717, 1.165) is 41.2 Å². The number of benzene rings is 2. The second kappa shape index (κ2) is 10.2. The van der Waals surface area contributed by atoms with Crippen LogP contribution < -0.4 is 15.5 Å². The number of urea groups is 1. The van der Waals surface area contributed by atoms with Crippen molar-refractivity contribution >= 4 is 62.8 Å². The van der Waals surface area contributed by atoms with Crippen LogP contribution in [0.4, 0.5) is 22.0 Å². The van der Waals surface area contributed by atoms with Crippen LogP contribution in [0.2, 0.25) is 0 Å². The predicted octanol–water partition coefficient (Wildman–Crippen LogP) is 5.07. The first-order valence-corrected chi connectivity index (χ1v) is 14.9. The van der Waals surface area contributed by atoms with Gasteiger partial charge in [0, 0.05) is 36.4 Å². The van der Waals surface area contributed by atoms with Crippen molar-refractivity contribution < 1.29 is 9.53 Å². The zero-order chi connectivity index (χ0) is 23.5. The minimum atomic E-state index is -0.297. The van der Waals surface area contributed by atoms with Crippen molar-refractivity contribution in [2.24, 2.45) is 0 Å². The summed E-state index contributed by atoms with van der Waals surface area (Å²) in [7, 11) is 0. The third kappa shape index (κ3) is 4.98. The molecule has 1 aliphatic rings. The molecule has 1 fully saturated rings. The van der Waals surface area contributed by atoms with E-state index in [4.69, 9.17) is 14.7 Å². The van der Waals surface area contributed by atoms with E-state index in [2.05, 4.69) is 46.9 Å². The summed E-state index contributed by atoms with van der Waals surface area (Å²) in [5.41, 5.74) is 5.04. The minimum absolute atomic E-state index is 0.297. The molecule has 1 aliphatic heterocycles. The van der Waals surface area contributed by atoms with Gasteiger partial charge < -0.3 is 20.3 Å². The largest absolute Gasteiger partial charge is 0.378 e. The van der Waals surface area contributed by atoms with Crippen LogP contribution >= 0.6 is 28.4 Å². The highest BCUT2D eigenvalue weighted by atomic mass is 127. The number of aryl methyl sites for hydroxylation is 1. The van der Waals surface area contributed by atoms with Crippen molar-refractivity contribution in [1.82, 2.24) is 19.3 Å². The van der Waals surface area contributed by atoms with Crippen LogP contribution in [0.25, 0.3) is 22.6 Å². The number of halogens is 1. The van der Waals surface area contributed by atoms with Crippen molar-refractivity contribution in [1.29, 1.82) is 0 Å². The van der Waals surface area contributed by atoms with Crippen LogP contribution in [0.3, 0.4) is 0 Å². The first-order valence-electron chi connectivity index (χ1n) is 10.8. The molecule has 1 atom stereocenters. The highest BCUT2D eigenvalue weighted by Gasteiger charge is 2.21. The number of rotatable bonds is 5. The quantitative estimate of drug-likeness (QED) is 0.250. The number of fused-ring (bicyclic) bond motifs is 1. The Bertz CT molecular complexity index is 1310. The maximum absolute atomic E-state index is 12.3. The summed E-state index contributed by atoms with van der Waals surface area (Å²) in [4.78, 5) is 28.8. The molecule has 11 heteroatoms. The third-order valence-corrected chi connectivity index (χ3v) is 7.58. The number of amides is 2. The zero-order valence-corrected chi connectivity index (χ0v) is 21.6. The highest BCUT2D eigenvalue weighted by Crippen LogP contribution is 2.34. The number of hydrogen-bond donors (Lipinski definition) is 2. The fourth-order valence-corrected chi connectivity index (χ4v) is 5.21. The molecule has 9 nitrogen and oxygen atoms in total. The number of morpholine rings is 1. The van der Waals surface area contributed by atoms with Crippen LogP contribution in [0.5, 0.6) is 0 Å². The lowest BCUT2D eigenvalue weighted by Gasteiger charge is -2.28. The normalized spacial score (nSPS) is 14.1. The molecule has 2 N–H and O–H groups in total. The number of ether oxygens (including phenoxy) is 1. The van der Waals surface area contributed by atoms with E-state index < -0.39 is 0 Å². The third-order valence-electron chi connectivity index (χ3n) is 5.50. The predicted molar refractivity (Wildman–Crippen MR) is 145 cm³/mol. The van der Waals surface area contributed by atoms with Gasteiger partial charge in [0.25, 0.3) is 0 Å². The van der Waals surface area contributed by atoms with E-state index in [9.17, 15) is 4.79 Å². The van der Waals surface area contributed by atoms with Crippen molar-refractivity contribution in [2.45, 2.75) is 6.92 Å². The van der Waals surface area contributed by atoms with Crippen LogP contribution in [-0.4, -0.2) is 51.6 Å². The van der Waals surface area contributed by atoms with Crippen molar-refractivity contribution in [2.75, 3.05) is 41.8 Å². The Morgan fingerprint density at radius 3 is 2.29 bits per heavy atom. The van der Waals surface area contributed by atoms with Gasteiger partial charge in [-0.25, -0.2) is 19.7 Å². The number of nitrogens with zero attached hydrogens (tertiary/aromatic N) is 5. The van der Waals surface area contributed by atoms with E-state index in [1.165, 1.54) is 0 Å². The average molecular weight is 587 g/mol. The van der Waals surface area contributed by atoms with Crippen LogP contribution in [-0.2, 0) is 4.74 Å². The molecule has 4 aromatic rings. The van der Waals surface area contributed by atoms with E-state index in [1.54, 1.807) is 0 Å². The Hall–Kier alpha value is -2.82. The lowest BCUT2D eigenvalue weighted by atomic mass is 10.2. The molecule has 3 heterocycles. The number of anilines is 3. The number of hydrogen-bond acceptors (Lipinski definition) is 6. The SMILES string of the molecule is Cc1ccc(NC(=O)Nc2ccc(-c3nc(N4CCOCC4)c4c(ncn4PI)n3)cc2)cc1. The van der Waals surface area contributed by atoms with Gasteiger partial charge >= 0.3 is 6.03 Å². The fraction of sp³-hybridized carbons (Fsp3) is 0.217. The van der Waals surface area contributed by atoms with Crippen LogP contribution in [0.15, 0.2) is 54.9 Å². The first kappa shape index (κ1) is 22.9. The van der Waals surface area contributed by atoms with Crippen LogP contribution in [0, 0.1) is 6.92 Å². The molecular weight excluding hydrogens is 564 g/mol. The molecule has 0 saturated carbocycles. The lowest BCUT2D eigenvalue weighted by Crippen LogP contribution is -2.37. The monoisotopic (exact) mass is 587 g/mol. The summed E-state index contributed by atoms with van der Waals surface area (Å²) >= 11 is 2.34. The maximum atomic E-state index is 12.3. The summed E-state index contributed by atoms with van der Waals surface area (Å²) in [6, 6.07) is 14.9. The smallest absolute Gasteiger partial charge is 0.323 e. The van der Waals surface area contributed by atoms with Gasteiger partial charge in [-0.2, -0.15) is 0 Å². The summed E-state index contributed by atoms with van der Waals surface area (Å²) in [5, 5.41) is 5.69. The van der Waals surface area contributed by atoms with Gasteiger partial charge in [0.1, 0.15) is 11.8 Å². The molecule has 5 rings (SSSR count). The number of aromatic nitrogens is 4. The summed E-state index contributed by atoms with van der Waals surface area (Å²) < 4.78 is 7.61. The van der Waals surface area contributed by atoms with E-state index in [-0.39, 0.29) is 6.03 Å². The maximum Gasteiger partial charge on any atom is 0.323 e. The van der Waals surface area contributed by atoms with Crippen molar-refractivity contribution in [3.05, 3.63) is 60.4 Å². The highest BCUT2D eigenvalue weighted by molar-refractivity contribution is 14.2. The van der Waals surface area contributed by atoms with Gasteiger partial charge in [0.15, 0.2) is 17.3 Å². The fourth-order valence-electron chi connectivity index (χ4n) is 3.73. The molecule has 2 aromatic carbocycles. The van der Waals surface area contributed by atoms with Crippen molar-refractivity contribution in [3.8, 4) is 11.4 Å². The van der Waals surface area contributed by atoms with E-state index in [0.29, 0.717) is 36.7 Å². The Kier molecular flexibility index (Phi) is 6.89. The molecule has 174 valence electrons. The number of carbonyl (C=O) groups excluding carboxylic acids is 1. The van der Waals surface area contributed by atoms with Crippen LogP contribution in [0.1, 0.15) is 5.56 Å². The van der Waals surface area contributed by atoms with E-state index >= 15 is 0 Å². The van der Waals surface area contributed by atoms with Gasteiger partial charge in [-0.05, 0) is 65.4 Å². The molecule has 2 amide bonds.